The fraction of sp³-hybridized carbons (Fsp3) is 0.667. The zero-order chi connectivity index (χ0) is 9.47. The third kappa shape index (κ3) is 1.39. The van der Waals surface area contributed by atoms with Crippen LogP contribution in [0.5, 0.6) is 0 Å². The highest BCUT2D eigenvalue weighted by atomic mass is 32.1. The second-order valence-corrected chi connectivity index (χ2v) is 4.69. The van der Waals surface area contributed by atoms with Crippen LogP contribution in [0.3, 0.4) is 0 Å². The van der Waals surface area contributed by atoms with Crippen molar-refractivity contribution in [3.63, 3.8) is 0 Å². The second-order valence-electron chi connectivity index (χ2n) is 3.85. The van der Waals surface area contributed by atoms with Crippen LogP contribution < -0.4 is 5.73 Å². The van der Waals surface area contributed by atoms with Gasteiger partial charge in [-0.1, -0.05) is 0 Å². The van der Waals surface area contributed by atoms with Crippen LogP contribution in [0.15, 0.2) is 6.07 Å². The van der Waals surface area contributed by atoms with Gasteiger partial charge in [-0.25, -0.2) is 0 Å². The van der Waals surface area contributed by atoms with Crippen molar-refractivity contribution in [2.45, 2.75) is 19.3 Å². The summed E-state index contributed by atoms with van der Waals surface area (Å²) in [5, 5.41) is 9.20. The Kier molecular flexibility index (Phi) is 2.14. The van der Waals surface area contributed by atoms with Crippen molar-refractivity contribution >= 4 is 11.5 Å². The van der Waals surface area contributed by atoms with E-state index in [9.17, 15) is 5.11 Å². The van der Waals surface area contributed by atoms with Gasteiger partial charge >= 0.3 is 0 Å². The Morgan fingerprint density at radius 1 is 1.85 bits per heavy atom. The van der Waals surface area contributed by atoms with Crippen molar-refractivity contribution in [3.8, 4) is 0 Å². The summed E-state index contributed by atoms with van der Waals surface area (Å²) in [6.07, 6.45) is 1.02. The first-order valence-electron chi connectivity index (χ1n) is 4.46. The quantitative estimate of drug-likeness (QED) is 0.758. The molecule has 0 amide bonds. The van der Waals surface area contributed by atoms with Crippen LogP contribution in [0, 0.1) is 12.3 Å². The first-order chi connectivity index (χ1) is 6.22. The molecule has 0 saturated heterocycles. The zero-order valence-electron chi connectivity index (χ0n) is 7.66. The lowest BCUT2D eigenvalue weighted by Gasteiger charge is -2.08. The van der Waals surface area contributed by atoms with E-state index < -0.39 is 0 Å². The van der Waals surface area contributed by atoms with E-state index in [0.29, 0.717) is 12.5 Å². The van der Waals surface area contributed by atoms with Crippen LogP contribution in [0.1, 0.15) is 22.9 Å². The summed E-state index contributed by atoms with van der Waals surface area (Å²) in [5.41, 5.74) is 6.67. The van der Waals surface area contributed by atoms with Crippen molar-refractivity contribution in [2.75, 3.05) is 13.2 Å². The average molecular weight is 198 g/mol. The molecule has 0 bridgehead atoms. The highest BCUT2D eigenvalue weighted by molar-refractivity contribution is 7.06. The minimum absolute atomic E-state index is 0.0288. The van der Waals surface area contributed by atoms with E-state index >= 15 is 0 Å². The highest BCUT2D eigenvalue weighted by Gasteiger charge is 2.54. The third-order valence-electron chi connectivity index (χ3n) is 2.90. The molecular weight excluding hydrogens is 184 g/mol. The molecule has 3 N–H and O–H groups in total. The van der Waals surface area contributed by atoms with E-state index in [1.54, 1.807) is 0 Å². The van der Waals surface area contributed by atoms with Crippen LogP contribution in [0.25, 0.3) is 0 Å². The SMILES string of the molecule is Cc1cc(C2CC2(CN)CO)sn1. The molecule has 2 rings (SSSR count). The molecular formula is C9H14N2OS. The van der Waals surface area contributed by atoms with E-state index in [4.69, 9.17) is 5.73 Å². The van der Waals surface area contributed by atoms with Crippen molar-refractivity contribution in [2.24, 2.45) is 11.1 Å². The van der Waals surface area contributed by atoms with Crippen LogP contribution in [0.2, 0.25) is 0 Å². The fourth-order valence-corrected chi connectivity index (χ4v) is 2.75. The maximum absolute atomic E-state index is 9.20. The predicted molar refractivity (Wildman–Crippen MR) is 52.8 cm³/mol. The lowest BCUT2D eigenvalue weighted by molar-refractivity contribution is 0.212. The number of aliphatic hydroxyl groups excluding tert-OH is 1. The van der Waals surface area contributed by atoms with Crippen molar-refractivity contribution in [1.82, 2.24) is 4.37 Å². The molecule has 2 atom stereocenters. The van der Waals surface area contributed by atoms with Crippen LogP contribution in [-0.2, 0) is 0 Å². The molecule has 1 fully saturated rings. The Morgan fingerprint density at radius 3 is 3.00 bits per heavy atom. The van der Waals surface area contributed by atoms with E-state index in [2.05, 4.69) is 10.4 Å². The largest absolute Gasteiger partial charge is 0.396 e. The van der Waals surface area contributed by atoms with Gasteiger partial charge in [-0.15, -0.1) is 0 Å². The van der Waals surface area contributed by atoms with Crippen molar-refractivity contribution in [1.29, 1.82) is 0 Å². The molecule has 3 nitrogen and oxygen atoms in total. The molecule has 0 spiro atoms. The smallest absolute Gasteiger partial charge is 0.0514 e. The molecule has 0 aliphatic heterocycles. The maximum atomic E-state index is 9.20. The topological polar surface area (TPSA) is 59.1 Å². The standard InChI is InChI=1S/C9H14N2OS/c1-6-2-8(13-11-6)7-3-9(7,4-10)5-12/h2,7,12H,3-5,10H2,1H3. The minimum Gasteiger partial charge on any atom is -0.396 e. The van der Waals surface area contributed by atoms with Gasteiger partial charge in [-0.3, -0.25) is 0 Å². The van der Waals surface area contributed by atoms with Gasteiger partial charge in [0.25, 0.3) is 0 Å². The molecule has 1 heterocycles. The van der Waals surface area contributed by atoms with Gasteiger partial charge < -0.3 is 10.8 Å². The Morgan fingerprint density at radius 2 is 2.62 bits per heavy atom. The highest BCUT2D eigenvalue weighted by Crippen LogP contribution is 2.59. The number of aliphatic hydroxyl groups is 1. The van der Waals surface area contributed by atoms with Gasteiger partial charge in [0.1, 0.15) is 0 Å². The maximum Gasteiger partial charge on any atom is 0.0514 e. The molecule has 1 aliphatic carbocycles. The van der Waals surface area contributed by atoms with Gasteiger partial charge in [0.2, 0.25) is 0 Å². The van der Waals surface area contributed by atoms with Crippen LogP contribution in [-0.4, -0.2) is 22.6 Å². The molecule has 72 valence electrons. The van der Waals surface area contributed by atoms with Crippen LogP contribution in [0.4, 0.5) is 0 Å². The summed E-state index contributed by atoms with van der Waals surface area (Å²) in [4.78, 5) is 1.28. The Hall–Kier alpha value is -0.450. The normalized spacial score (nSPS) is 32.1. The molecule has 0 aromatic carbocycles. The third-order valence-corrected chi connectivity index (χ3v) is 3.89. The first kappa shape index (κ1) is 9.12. The van der Waals surface area contributed by atoms with Gasteiger partial charge in [0.15, 0.2) is 0 Å². The molecule has 2 unspecified atom stereocenters. The van der Waals surface area contributed by atoms with E-state index in [1.165, 1.54) is 16.4 Å². The number of nitrogens with zero attached hydrogens (tertiary/aromatic N) is 1. The van der Waals surface area contributed by atoms with E-state index in [-0.39, 0.29) is 12.0 Å². The predicted octanol–water partition coefficient (Wildman–Crippen LogP) is 0.876. The summed E-state index contributed by atoms with van der Waals surface area (Å²) in [6, 6.07) is 2.10. The summed E-state index contributed by atoms with van der Waals surface area (Å²) in [5.74, 6) is 0.452. The number of nitrogens with two attached hydrogens (primary N) is 1. The lowest BCUT2D eigenvalue weighted by atomic mass is 10.0. The molecule has 0 radical (unpaired) electrons. The Balaban J connectivity index is 2.14. The average Bonchev–Trinajstić information content (AvgIpc) is 2.74. The molecule has 1 aromatic heterocycles. The summed E-state index contributed by atoms with van der Waals surface area (Å²) in [6.45, 7) is 2.77. The number of hydrogen-bond donors (Lipinski definition) is 2. The zero-order valence-corrected chi connectivity index (χ0v) is 8.47. The fourth-order valence-electron chi connectivity index (χ4n) is 1.76. The number of aryl methyl sites for hydroxylation is 1. The van der Waals surface area contributed by atoms with Crippen LogP contribution >= 0.6 is 11.5 Å². The van der Waals surface area contributed by atoms with Crippen molar-refractivity contribution < 1.29 is 5.11 Å². The molecule has 4 heteroatoms. The summed E-state index contributed by atoms with van der Waals surface area (Å²) < 4.78 is 4.23. The van der Waals surface area contributed by atoms with Crippen molar-refractivity contribution in [3.05, 3.63) is 16.6 Å². The number of hydrogen-bond acceptors (Lipinski definition) is 4. The molecule has 1 aliphatic rings. The summed E-state index contributed by atoms with van der Waals surface area (Å²) in [7, 11) is 0. The number of aromatic nitrogens is 1. The van der Waals surface area contributed by atoms with Gasteiger partial charge in [-0.2, -0.15) is 4.37 Å². The monoisotopic (exact) mass is 198 g/mol. The number of rotatable bonds is 3. The first-order valence-corrected chi connectivity index (χ1v) is 5.23. The molecule has 13 heavy (non-hydrogen) atoms. The minimum atomic E-state index is -0.0288. The Bertz CT molecular complexity index is 306. The molecule has 1 aromatic rings. The molecule has 1 saturated carbocycles. The summed E-state index contributed by atoms with van der Waals surface area (Å²) >= 11 is 1.54. The van der Waals surface area contributed by atoms with E-state index in [0.717, 1.165) is 12.1 Å². The van der Waals surface area contributed by atoms with Gasteiger partial charge in [-0.05, 0) is 30.9 Å². The second kappa shape index (κ2) is 3.04. The lowest BCUT2D eigenvalue weighted by Crippen LogP contribution is -2.21. The van der Waals surface area contributed by atoms with E-state index in [1.807, 2.05) is 6.92 Å². The Labute approximate surface area is 81.8 Å². The van der Waals surface area contributed by atoms with Gasteiger partial charge in [0, 0.05) is 22.8 Å². The van der Waals surface area contributed by atoms with Gasteiger partial charge in [0.05, 0.1) is 12.3 Å².